The van der Waals surface area contributed by atoms with Gasteiger partial charge in [-0.25, -0.2) is 17.8 Å². The minimum atomic E-state index is -4.06. The standard InChI is InChI=1S/C53H63Cl4N5O5S/c1-2-3-4-5-6-7-8-9-10-11-12-13-14-15-16-23-32-53(57)38-46(63)61(52(53)65)34-25-33-58-68(66,67)43-31-24-30-42(37-43)59-50-48(47(39-26-19-17-20-27-39)40-28-21-18-22-29-40)51(64)62(60-50)49-44(55)35-41(54)36-45(49)56/h15-22,24,26-31,35-37,47,58-60H,2-14,23,25,32-34,38H2,1H3. The van der Waals surface area contributed by atoms with Gasteiger partial charge in [-0.05, 0) is 73.6 Å². The van der Waals surface area contributed by atoms with Gasteiger partial charge in [-0.15, -0.1) is 11.6 Å². The highest BCUT2D eigenvalue weighted by molar-refractivity contribution is 7.89. The number of halogens is 4. The first-order chi connectivity index (χ1) is 32.8. The Morgan fingerprint density at radius 2 is 1.29 bits per heavy atom. The molecule has 1 aromatic heterocycles. The fraction of sp³-hybridized carbons (Fsp3) is 0.415. The van der Waals surface area contributed by atoms with E-state index in [0.29, 0.717) is 29.1 Å². The predicted octanol–water partition coefficient (Wildman–Crippen LogP) is 13.9. The molecule has 0 saturated carbocycles. The van der Waals surface area contributed by atoms with Crippen molar-refractivity contribution < 1.29 is 18.0 Å². The topological polar surface area (TPSA) is 133 Å². The molecule has 1 fully saturated rings. The minimum absolute atomic E-state index is 0.0316. The first-order valence-corrected chi connectivity index (χ1v) is 27.0. The largest absolute Gasteiger partial charge is 0.340 e. The van der Waals surface area contributed by atoms with Crippen molar-refractivity contribution in [3.8, 4) is 5.69 Å². The molecule has 364 valence electrons. The van der Waals surface area contributed by atoms with Crippen molar-refractivity contribution in [2.75, 3.05) is 18.4 Å². The zero-order valence-corrected chi connectivity index (χ0v) is 42.6. The lowest BCUT2D eigenvalue weighted by molar-refractivity contribution is -0.139. The first kappa shape index (κ1) is 53.0. The van der Waals surface area contributed by atoms with E-state index >= 15 is 0 Å². The molecule has 0 spiro atoms. The summed E-state index contributed by atoms with van der Waals surface area (Å²) in [4.78, 5) is 40.8. The molecule has 1 unspecified atom stereocenters. The number of carbonyl (C=O) groups excluding carboxylic acids is 2. The maximum Gasteiger partial charge on any atom is 0.277 e. The van der Waals surface area contributed by atoms with Crippen molar-refractivity contribution in [2.24, 2.45) is 0 Å². The third kappa shape index (κ3) is 14.4. The molecule has 15 heteroatoms. The van der Waals surface area contributed by atoms with Gasteiger partial charge in [-0.3, -0.25) is 24.4 Å². The molecule has 0 radical (unpaired) electrons. The average Bonchev–Trinajstić information content (AvgIpc) is 3.73. The van der Waals surface area contributed by atoms with E-state index in [1.165, 1.54) is 99.6 Å². The van der Waals surface area contributed by atoms with E-state index in [1.807, 2.05) is 60.7 Å². The van der Waals surface area contributed by atoms with Crippen molar-refractivity contribution >= 4 is 79.7 Å². The van der Waals surface area contributed by atoms with Gasteiger partial charge in [0.2, 0.25) is 15.9 Å². The van der Waals surface area contributed by atoms with Gasteiger partial charge in [0.15, 0.2) is 0 Å². The SMILES string of the molecule is CCCCCCCCCCCCCCC=CCCC1(Cl)CC(=O)N(CCCNS(=O)(=O)c2cccc(Nc3[nH]n(-c4c(Cl)cc(Cl)cc4Cl)c(=O)c3C(c3ccccc3)c3ccccc3)c2)C1=O. The predicted molar refractivity (Wildman–Crippen MR) is 279 cm³/mol. The van der Waals surface area contributed by atoms with Gasteiger partial charge >= 0.3 is 0 Å². The Morgan fingerprint density at radius 3 is 1.90 bits per heavy atom. The number of H-pyrrole nitrogens is 1. The van der Waals surface area contributed by atoms with Gasteiger partial charge in [0.1, 0.15) is 16.4 Å². The molecular weight excluding hydrogens is 960 g/mol. The van der Waals surface area contributed by atoms with Crippen molar-refractivity contribution in [2.45, 2.75) is 132 Å². The van der Waals surface area contributed by atoms with E-state index in [2.05, 4.69) is 34.2 Å². The van der Waals surface area contributed by atoms with Crippen LogP contribution in [0, 0.1) is 0 Å². The molecule has 4 aromatic carbocycles. The van der Waals surface area contributed by atoms with Crippen LogP contribution < -0.4 is 15.6 Å². The number of likely N-dealkylation sites (tertiary alicyclic amines) is 1. The summed E-state index contributed by atoms with van der Waals surface area (Å²) in [6, 6.07) is 28.2. The number of imide groups is 1. The first-order valence-electron chi connectivity index (χ1n) is 24.0. The molecule has 1 atom stereocenters. The molecule has 2 amide bonds. The highest BCUT2D eigenvalue weighted by Crippen LogP contribution is 2.38. The second kappa shape index (κ2) is 26.0. The fourth-order valence-electron chi connectivity index (χ4n) is 8.79. The number of hydrogen-bond donors (Lipinski definition) is 3. The summed E-state index contributed by atoms with van der Waals surface area (Å²) >= 11 is 26.3. The number of anilines is 2. The number of rotatable bonds is 28. The summed E-state index contributed by atoms with van der Waals surface area (Å²) in [6.45, 7) is 2.25. The van der Waals surface area contributed by atoms with E-state index in [-0.39, 0.29) is 58.3 Å². The highest BCUT2D eigenvalue weighted by Gasteiger charge is 2.49. The Labute approximate surface area is 421 Å². The van der Waals surface area contributed by atoms with E-state index in [4.69, 9.17) is 46.4 Å². The Bertz CT molecular complexity index is 2580. The zero-order valence-electron chi connectivity index (χ0n) is 38.8. The lowest BCUT2D eigenvalue weighted by atomic mass is 9.86. The van der Waals surface area contributed by atoms with E-state index in [1.54, 1.807) is 12.1 Å². The van der Waals surface area contributed by atoms with Crippen LogP contribution in [0.25, 0.3) is 5.69 Å². The van der Waals surface area contributed by atoms with Crippen LogP contribution in [0.4, 0.5) is 11.5 Å². The lowest BCUT2D eigenvalue weighted by Crippen LogP contribution is -2.38. The molecule has 5 aromatic rings. The number of unbranched alkanes of at least 4 members (excludes halogenated alkanes) is 12. The molecule has 0 aliphatic carbocycles. The van der Waals surface area contributed by atoms with Crippen molar-refractivity contribution in [1.82, 2.24) is 19.4 Å². The number of amides is 2. The summed E-state index contributed by atoms with van der Waals surface area (Å²) in [5, 5.41) is 7.01. The molecular formula is C53H63Cl4N5O5S. The summed E-state index contributed by atoms with van der Waals surface area (Å²) < 4.78 is 31.2. The normalized spacial score (nSPS) is 15.4. The quantitative estimate of drug-likeness (QED) is 0.0198. The number of benzene rings is 4. The second-order valence-corrected chi connectivity index (χ2v) is 21.3. The van der Waals surface area contributed by atoms with Gasteiger partial charge in [0.05, 0.1) is 26.9 Å². The molecule has 1 saturated heterocycles. The Hall–Kier alpha value is -4.36. The number of sulfonamides is 1. The minimum Gasteiger partial charge on any atom is -0.340 e. The maximum absolute atomic E-state index is 14.6. The molecule has 68 heavy (non-hydrogen) atoms. The second-order valence-electron chi connectivity index (χ2n) is 17.6. The van der Waals surface area contributed by atoms with Crippen LogP contribution in [0.3, 0.4) is 0 Å². The van der Waals surface area contributed by atoms with Crippen LogP contribution in [-0.4, -0.2) is 52.9 Å². The number of nitrogens with one attached hydrogen (secondary N) is 3. The van der Waals surface area contributed by atoms with Gasteiger partial charge in [0, 0.05) is 29.7 Å². The third-order valence-electron chi connectivity index (χ3n) is 12.4. The smallest absolute Gasteiger partial charge is 0.277 e. The number of hydrogen-bond acceptors (Lipinski definition) is 6. The molecule has 10 nitrogen and oxygen atoms in total. The Kier molecular flexibility index (Phi) is 20.3. The molecule has 1 aliphatic heterocycles. The molecule has 1 aliphatic rings. The van der Waals surface area contributed by atoms with E-state index in [0.717, 1.165) is 28.9 Å². The maximum atomic E-state index is 14.6. The number of alkyl halides is 1. The Balaban J connectivity index is 1.04. The number of aromatic nitrogens is 2. The van der Waals surface area contributed by atoms with Crippen LogP contribution in [0.5, 0.6) is 0 Å². The Morgan fingerprint density at radius 1 is 0.721 bits per heavy atom. The van der Waals surface area contributed by atoms with Gasteiger partial charge in [-0.1, -0.05) is 191 Å². The third-order valence-corrected chi connectivity index (χ3v) is 15.1. The van der Waals surface area contributed by atoms with Crippen LogP contribution in [-0.2, 0) is 19.6 Å². The van der Waals surface area contributed by atoms with Crippen LogP contribution in [0.1, 0.15) is 139 Å². The molecule has 2 heterocycles. The van der Waals surface area contributed by atoms with E-state index < -0.39 is 32.3 Å². The van der Waals surface area contributed by atoms with Crippen molar-refractivity contribution in [1.29, 1.82) is 0 Å². The van der Waals surface area contributed by atoms with Crippen molar-refractivity contribution in [3.05, 3.63) is 151 Å². The lowest BCUT2D eigenvalue weighted by Gasteiger charge is -2.19. The van der Waals surface area contributed by atoms with Crippen LogP contribution >= 0.6 is 46.4 Å². The van der Waals surface area contributed by atoms with Crippen LogP contribution in [0.15, 0.2) is 119 Å². The highest BCUT2D eigenvalue weighted by atomic mass is 35.5. The number of carbonyl (C=O) groups is 2. The summed E-state index contributed by atoms with van der Waals surface area (Å²) in [6.07, 6.45) is 21.9. The van der Waals surface area contributed by atoms with Crippen LogP contribution in [0.2, 0.25) is 15.1 Å². The summed E-state index contributed by atoms with van der Waals surface area (Å²) in [7, 11) is -4.06. The van der Waals surface area contributed by atoms with Gasteiger partial charge in [-0.2, -0.15) is 0 Å². The number of nitrogens with zero attached hydrogens (tertiary/aromatic N) is 2. The molecule has 3 N–H and O–H groups in total. The fourth-order valence-corrected chi connectivity index (χ4v) is 11.2. The van der Waals surface area contributed by atoms with E-state index in [9.17, 15) is 22.8 Å². The van der Waals surface area contributed by atoms with Gasteiger partial charge in [0.25, 0.3) is 11.5 Å². The molecule has 0 bridgehead atoms. The number of allylic oxidation sites excluding steroid dienone is 2. The van der Waals surface area contributed by atoms with Gasteiger partial charge < -0.3 is 5.32 Å². The number of aromatic amines is 1. The zero-order chi connectivity index (χ0) is 48.5. The molecule has 6 rings (SSSR count). The summed E-state index contributed by atoms with van der Waals surface area (Å²) in [5.41, 5.74) is 2.10. The average molecular weight is 1020 g/mol. The monoisotopic (exact) mass is 1020 g/mol. The van der Waals surface area contributed by atoms with Crippen molar-refractivity contribution in [3.63, 3.8) is 0 Å². The summed E-state index contributed by atoms with van der Waals surface area (Å²) in [5.74, 6) is -1.09.